The Morgan fingerprint density at radius 3 is 2.73 bits per heavy atom. The smallest absolute Gasteiger partial charge is 0.267 e. The minimum absolute atomic E-state index is 0.0705. The summed E-state index contributed by atoms with van der Waals surface area (Å²) in [5, 5.41) is 14.5. The lowest BCUT2D eigenvalue weighted by Crippen LogP contribution is -2.37. The number of carbonyl (C=O) groups is 2. The molecule has 8 heteroatoms. The van der Waals surface area contributed by atoms with Crippen LogP contribution in [-0.2, 0) is 16.1 Å². The van der Waals surface area contributed by atoms with Crippen molar-refractivity contribution in [3.8, 4) is 0 Å². The van der Waals surface area contributed by atoms with E-state index in [1.165, 1.54) is 0 Å². The summed E-state index contributed by atoms with van der Waals surface area (Å²) in [6.07, 6.45) is 1.35. The SMILES string of the molecule is N=C1CN(C[C@H]2CCC(=O)N2)CC1=C(N)C(=O)NCc1ccc(Cl)cc1. The lowest BCUT2D eigenvalue weighted by Gasteiger charge is -2.18. The van der Waals surface area contributed by atoms with Gasteiger partial charge < -0.3 is 21.8 Å². The Morgan fingerprint density at radius 1 is 1.35 bits per heavy atom. The van der Waals surface area contributed by atoms with Crippen LogP contribution in [0.4, 0.5) is 0 Å². The number of hydrogen-bond acceptors (Lipinski definition) is 5. The first kappa shape index (κ1) is 18.4. The predicted octanol–water partition coefficient (Wildman–Crippen LogP) is 0.783. The van der Waals surface area contributed by atoms with Crippen LogP contribution in [0.2, 0.25) is 5.02 Å². The van der Waals surface area contributed by atoms with Crippen molar-refractivity contribution in [1.29, 1.82) is 5.41 Å². The fourth-order valence-corrected chi connectivity index (χ4v) is 3.34. The molecule has 0 radical (unpaired) electrons. The fraction of sp³-hybridized carbons (Fsp3) is 0.389. The molecule has 2 aliphatic heterocycles. The first-order valence-electron chi connectivity index (χ1n) is 8.53. The number of nitrogens with two attached hydrogens (primary N) is 1. The second kappa shape index (κ2) is 7.88. The molecular weight excluding hydrogens is 354 g/mol. The third-order valence-corrected chi connectivity index (χ3v) is 4.88. The summed E-state index contributed by atoms with van der Waals surface area (Å²) in [6.45, 7) is 1.89. The van der Waals surface area contributed by atoms with Gasteiger partial charge in [-0.1, -0.05) is 23.7 Å². The molecule has 2 saturated heterocycles. The highest BCUT2D eigenvalue weighted by molar-refractivity contribution is 6.30. The molecule has 26 heavy (non-hydrogen) atoms. The maximum Gasteiger partial charge on any atom is 0.267 e. The fourth-order valence-electron chi connectivity index (χ4n) is 3.21. The van der Waals surface area contributed by atoms with Crippen molar-refractivity contribution >= 4 is 29.1 Å². The Bertz CT molecular complexity index is 759. The third-order valence-electron chi connectivity index (χ3n) is 4.63. The highest BCUT2D eigenvalue weighted by atomic mass is 35.5. The Kier molecular flexibility index (Phi) is 5.58. The van der Waals surface area contributed by atoms with Gasteiger partial charge >= 0.3 is 0 Å². The van der Waals surface area contributed by atoms with Gasteiger partial charge in [-0.15, -0.1) is 0 Å². The second-order valence-electron chi connectivity index (χ2n) is 6.65. The molecule has 0 aliphatic carbocycles. The minimum Gasteiger partial charge on any atom is -0.394 e. The number of nitrogens with one attached hydrogen (secondary N) is 3. The van der Waals surface area contributed by atoms with Crippen molar-refractivity contribution in [2.24, 2.45) is 5.73 Å². The van der Waals surface area contributed by atoms with Crippen LogP contribution < -0.4 is 16.4 Å². The molecule has 1 atom stereocenters. The standard InChI is InChI=1S/C18H22ClN5O2/c19-12-3-1-11(2-4-12)7-22-18(26)17(21)14-9-24(10-15(14)20)8-13-5-6-16(25)23-13/h1-4,13,20H,5-10,21H2,(H,22,26)(H,23,25)/t13-/m1/s1. The Morgan fingerprint density at radius 2 is 2.08 bits per heavy atom. The van der Waals surface area contributed by atoms with Gasteiger partial charge in [-0.05, 0) is 24.1 Å². The molecular formula is C18H22ClN5O2. The average molecular weight is 376 g/mol. The van der Waals surface area contributed by atoms with Gasteiger partial charge in [-0.3, -0.25) is 14.5 Å². The van der Waals surface area contributed by atoms with Gasteiger partial charge in [0.1, 0.15) is 5.70 Å². The van der Waals surface area contributed by atoms with Crippen molar-refractivity contribution < 1.29 is 9.59 Å². The number of benzene rings is 1. The first-order valence-corrected chi connectivity index (χ1v) is 8.91. The van der Waals surface area contributed by atoms with E-state index in [4.69, 9.17) is 22.7 Å². The summed E-state index contributed by atoms with van der Waals surface area (Å²) in [5.41, 5.74) is 7.92. The Hall–Kier alpha value is -2.38. The molecule has 5 N–H and O–H groups in total. The number of rotatable bonds is 5. The van der Waals surface area contributed by atoms with E-state index in [1.54, 1.807) is 12.1 Å². The Balaban J connectivity index is 1.57. The van der Waals surface area contributed by atoms with Crippen LogP contribution in [0.15, 0.2) is 35.5 Å². The van der Waals surface area contributed by atoms with Gasteiger partial charge in [-0.2, -0.15) is 0 Å². The van der Waals surface area contributed by atoms with E-state index in [0.717, 1.165) is 12.0 Å². The van der Waals surface area contributed by atoms with Crippen LogP contribution in [0.25, 0.3) is 0 Å². The average Bonchev–Trinajstić information content (AvgIpc) is 3.19. The van der Waals surface area contributed by atoms with Crippen LogP contribution >= 0.6 is 11.6 Å². The summed E-state index contributed by atoms with van der Waals surface area (Å²) < 4.78 is 0. The molecule has 0 bridgehead atoms. The lowest BCUT2D eigenvalue weighted by molar-refractivity contribution is -0.119. The first-order chi connectivity index (χ1) is 12.4. The molecule has 2 aliphatic rings. The van der Waals surface area contributed by atoms with Gasteiger partial charge in [0, 0.05) is 49.2 Å². The summed E-state index contributed by atoms with van der Waals surface area (Å²) in [6, 6.07) is 7.30. The molecule has 7 nitrogen and oxygen atoms in total. The molecule has 2 heterocycles. The lowest BCUT2D eigenvalue weighted by atomic mass is 10.1. The van der Waals surface area contributed by atoms with Gasteiger partial charge in [-0.25, -0.2) is 0 Å². The van der Waals surface area contributed by atoms with E-state index < -0.39 is 0 Å². The van der Waals surface area contributed by atoms with Crippen molar-refractivity contribution in [2.75, 3.05) is 19.6 Å². The van der Waals surface area contributed by atoms with Crippen LogP contribution in [0.3, 0.4) is 0 Å². The molecule has 0 unspecified atom stereocenters. The number of nitrogens with zero attached hydrogens (tertiary/aromatic N) is 1. The maximum atomic E-state index is 12.3. The highest BCUT2D eigenvalue weighted by Crippen LogP contribution is 2.17. The van der Waals surface area contributed by atoms with Crippen molar-refractivity contribution in [3.05, 3.63) is 46.1 Å². The zero-order valence-electron chi connectivity index (χ0n) is 14.3. The summed E-state index contributed by atoms with van der Waals surface area (Å²) in [4.78, 5) is 25.7. The third kappa shape index (κ3) is 4.42. The van der Waals surface area contributed by atoms with Crippen molar-refractivity contribution in [3.63, 3.8) is 0 Å². The summed E-state index contributed by atoms with van der Waals surface area (Å²) in [7, 11) is 0. The zero-order valence-corrected chi connectivity index (χ0v) is 15.1. The molecule has 138 valence electrons. The highest BCUT2D eigenvalue weighted by Gasteiger charge is 2.30. The molecule has 1 aromatic carbocycles. The molecule has 0 saturated carbocycles. The zero-order chi connectivity index (χ0) is 18.7. The van der Waals surface area contributed by atoms with E-state index in [2.05, 4.69) is 10.6 Å². The molecule has 0 spiro atoms. The number of likely N-dealkylation sites (tertiary alicyclic amines) is 1. The second-order valence-corrected chi connectivity index (χ2v) is 7.09. The van der Waals surface area contributed by atoms with Crippen molar-refractivity contribution in [1.82, 2.24) is 15.5 Å². The minimum atomic E-state index is -0.379. The van der Waals surface area contributed by atoms with E-state index >= 15 is 0 Å². The number of carbonyl (C=O) groups excluding carboxylic acids is 2. The summed E-state index contributed by atoms with van der Waals surface area (Å²) in [5.74, 6) is -0.308. The largest absolute Gasteiger partial charge is 0.394 e. The van der Waals surface area contributed by atoms with Crippen molar-refractivity contribution in [2.45, 2.75) is 25.4 Å². The molecule has 3 rings (SSSR count). The Labute approximate surface area is 157 Å². The van der Waals surface area contributed by atoms with Gasteiger partial charge in [0.15, 0.2) is 0 Å². The van der Waals surface area contributed by atoms with Crippen LogP contribution in [0.5, 0.6) is 0 Å². The number of hydrogen-bond donors (Lipinski definition) is 4. The quantitative estimate of drug-likeness (QED) is 0.570. The molecule has 2 fully saturated rings. The van der Waals surface area contributed by atoms with Crippen LogP contribution in [0, 0.1) is 5.41 Å². The molecule has 1 aromatic rings. The summed E-state index contributed by atoms with van der Waals surface area (Å²) >= 11 is 5.84. The monoisotopic (exact) mass is 375 g/mol. The van der Waals surface area contributed by atoms with Crippen LogP contribution in [0.1, 0.15) is 18.4 Å². The number of amides is 2. The van der Waals surface area contributed by atoms with Gasteiger partial charge in [0.25, 0.3) is 5.91 Å². The van der Waals surface area contributed by atoms with E-state index in [1.807, 2.05) is 17.0 Å². The molecule has 0 aromatic heterocycles. The normalized spacial score (nSPS) is 22.4. The van der Waals surface area contributed by atoms with Gasteiger partial charge in [0.2, 0.25) is 5.91 Å². The van der Waals surface area contributed by atoms with E-state index in [9.17, 15) is 9.59 Å². The maximum absolute atomic E-state index is 12.3. The predicted molar refractivity (Wildman–Crippen MR) is 99.8 cm³/mol. The van der Waals surface area contributed by atoms with Gasteiger partial charge in [0.05, 0.1) is 5.71 Å². The molecule has 2 amide bonds. The number of halogens is 1. The van der Waals surface area contributed by atoms with Crippen LogP contribution in [-0.4, -0.2) is 48.1 Å². The topological polar surface area (TPSA) is 111 Å². The van der Waals surface area contributed by atoms with E-state index in [0.29, 0.717) is 48.9 Å². The van der Waals surface area contributed by atoms with E-state index in [-0.39, 0.29) is 23.6 Å².